The molecule has 0 bridgehead atoms. The zero-order chi connectivity index (χ0) is 24.0. The van der Waals surface area contributed by atoms with Crippen LogP contribution < -0.4 is 15.0 Å². The van der Waals surface area contributed by atoms with Crippen molar-refractivity contribution in [2.75, 3.05) is 36.4 Å². The maximum atomic E-state index is 13.2. The first-order chi connectivity index (χ1) is 16.2. The van der Waals surface area contributed by atoms with Crippen molar-refractivity contribution < 1.29 is 19.4 Å². The van der Waals surface area contributed by atoms with Gasteiger partial charge in [0.2, 0.25) is 0 Å². The Kier molecular flexibility index (Phi) is 5.40. The number of benzene rings is 1. The van der Waals surface area contributed by atoms with Crippen LogP contribution in [0.1, 0.15) is 36.7 Å². The molecule has 2 N–H and O–H groups in total. The summed E-state index contributed by atoms with van der Waals surface area (Å²) in [4.78, 5) is 33.0. The molecule has 1 amide bonds. The largest absolute Gasteiger partial charge is 0.487 e. The number of ether oxygens (including phenoxy) is 1. The van der Waals surface area contributed by atoms with Gasteiger partial charge in [0.1, 0.15) is 23.0 Å². The molecule has 34 heavy (non-hydrogen) atoms. The van der Waals surface area contributed by atoms with Crippen molar-refractivity contribution in [3.8, 4) is 5.75 Å². The molecule has 0 radical (unpaired) electrons. The molecule has 10 nitrogen and oxygen atoms in total. The van der Waals surface area contributed by atoms with Gasteiger partial charge in [0.25, 0.3) is 5.91 Å². The maximum Gasteiger partial charge on any atom is 0.320 e. The molecule has 0 unspecified atom stereocenters. The topological polar surface area (TPSA) is 112 Å². The third kappa shape index (κ3) is 4.05. The van der Waals surface area contributed by atoms with Crippen molar-refractivity contribution in [1.82, 2.24) is 19.5 Å². The van der Waals surface area contributed by atoms with Gasteiger partial charge in [-0.25, -0.2) is 9.50 Å². The number of piperazine rings is 1. The highest BCUT2D eigenvalue weighted by Crippen LogP contribution is 2.42. The molecule has 1 saturated heterocycles. The molecule has 1 aromatic carbocycles. The predicted molar refractivity (Wildman–Crippen MR) is 127 cm³/mol. The third-order valence-electron chi connectivity index (χ3n) is 6.51. The number of amides is 1. The molecular formula is C24H28N6O4. The molecule has 10 heteroatoms. The van der Waals surface area contributed by atoms with Crippen LogP contribution in [-0.4, -0.2) is 74.3 Å². The van der Waals surface area contributed by atoms with Crippen LogP contribution >= 0.6 is 0 Å². The number of aromatic nitrogens is 3. The predicted octanol–water partition coefficient (Wildman–Crippen LogP) is 2.29. The number of hydrogen-bond acceptors (Lipinski definition) is 7. The van der Waals surface area contributed by atoms with Crippen molar-refractivity contribution in [1.29, 1.82) is 0 Å². The molecule has 2 aliphatic rings. The summed E-state index contributed by atoms with van der Waals surface area (Å²) >= 11 is 0. The van der Waals surface area contributed by atoms with E-state index in [0.717, 1.165) is 23.4 Å². The molecule has 0 saturated carbocycles. The van der Waals surface area contributed by atoms with E-state index in [0.29, 0.717) is 43.1 Å². The monoisotopic (exact) mass is 464 g/mol. The highest BCUT2D eigenvalue weighted by Gasteiger charge is 2.33. The summed E-state index contributed by atoms with van der Waals surface area (Å²) in [6.07, 6.45) is 5.64. The average molecular weight is 465 g/mol. The van der Waals surface area contributed by atoms with Crippen molar-refractivity contribution in [3.63, 3.8) is 0 Å². The van der Waals surface area contributed by atoms with Gasteiger partial charge in [0.15, 0.2) is 5.65 Å². The number of rotatable bonds is 5. The summed E-state index contributed by atoms with van der Waals surface area (Å²) < 4.78 is 7.72. The number of carbonyl (C=O) groups excluding carboxylic acids is 1. The van der Waals surface area contributed by atoms with E-state index >= 15 is 0 Å². The number of hydrogen-bond donors (Lipinski definition) is 2. The molecule has 1 atom stereocenters. The minimum Gasteiger partial charge on any atom is -0.487 e. The van der Waals surface area contributed by atoms with Crippen molar-refractivity contribution in [3.05, 3.63) is 47.9 Å². The fraction of sp³-hybridized carbons (Fsp3) is 0.417. The Morgan fingerprint density at radius 2 is 1.97 bits per heavy atom. The molecule has 2 aromatic heterocycles. The van der Waals surface area contributed by atoms with Gasteiger partial charge in [-0.1, -0.05) is 0 Å². The quantitative estimate of drug-likeness (QED) is 0.592. The second-order valence-electron chi connectivity index (χ2n) is 9.45. The Balaban J connectivity index is 1.45. The summed E-state index contributed by atoms with van der Waals surface area (Å²) in [7, 11) is 0. The molecule has 4 heterocycles. The number of carboxylic acids is 1. The molecule has 1 fully saturated rings. The van der Waals surface area contributed by atoms with E-state index in [4.69, 9.17) is 4.74 Å². The molecule has 3 aromatic rings. The van der Waals surface area contributed by atoms with Gasteiger partial charge in [-0.3, -0.25) is 14.5 Å². The number of carboxylic acid groups (broad SMARTS) is 1. The van der Waals surface area contributed by atoms with Crippen molar-refractivity contribution in [2.45, 2.75) is 38.8 Å². The zero-order valence-corrected chi connectivity index (χ0v) is 19.5. The smallest absolute Gasteiger partial charge is 0.320 e. The van der Waals surface area contributed by atoms with Crippen LogP contribution in [0.3, 0.4) is 0 Å². The van der Waals surface area contributed by atoms with Gasteiger partial charge >= 0.3 is 5.97 Å². The highest BCUT2D eigenvalue weighted by atomic mass is 16.5. The summed E-state index contributed by atoms with van der Waals surface area (Å²) in [5, 5.41) is 16.6. The van der Waals surface area contributed by atoms with E-state index in [-0.39, 0.29) is 11.5 Å². The molecule has 0 spiro atoms. The van der Waals surface area contributed by atoms with Gasteiger partial charge in [-0.2, -0.15) is 5.10 Å². The van der Waals surface area contributed by atoms with Crippen LogP contribution in [0.5, 0.6) is 5.75 Å². The number of aliphatic carboxylic acids is 1. The number of carbonyl (C=O) groups is 2. The summed E-state index contributed by atoms with van der Waals surface area (Å²) in [6, 6.07) is 5.20. The van der Waals surface area contributed by atoms with E-state index in [9.17, 15) is 14.7 Å². The normalized spacial score (nSPS) is 18.4. The lowest BCUT2D eigenvalue weighted by molar-refractivity contribution is -0.142. The first kappa shape index (κ1) is 22.1. The van der Waals surface area contributed by atoms with E-state index < -0.39 is 12.0 Å². The summed E-state index contributed by atoms with van der Waals surface area (Å²) in [5.41, 5.74) is 3.16. The number of nitrogens with one attached hydrogen (secondary N) is 1. The standard InChI is InChI=1S/C24H28N6O4/c1-15(23(32)33)28-7-9-29(10-8-28)19-12-20-16(13-24(2,3)34-20)11-18(19)27-22(31)17-14-26-30-6-4-5-25-21(17)30/h4-6,11-12,14-15H,7-10,13H2,1-3H3,(H,27,31)(H,32,33)/t15-/m0/s1. The lowest BCUT2D eigenvalue weighted by atomic mass is 10.0. The average Bonchev–Trinajstić information content (AvgIpc) is 3.37. The van der Waals surface area contributed by atoms with E-state index in [2.05, 4.69) is 20.3 Å². The Hall–Kier alpha value is -3.66. The van der Waals surface area contributed by atoms with E-state index in [1.54, 1.807) is 29.9 Å². The third-order valence-corrected chi connectivity index (χ3v) is 6.51. The summed E-state index contributed by atoms with van der Waals surface area (Å²) in [5.74, 6) is -0.292. The molecular weight excluding hydrogens is 436 g/mol. The lowest BCUT2D eigenvalue weighted by Crippen LogP contribution is -2.51. The van der Waals surface area contributed by atoms with Crippen LogP contribution in [0.2, 0.25) is 0 Å². The Bertz CT molecular complexity index is 1260. The second-order valence-corrected chi connectivity index (χ2v) is 9.45. The number of nitrogens with zero attached hydrogens (tertiary/aromatic N) is 5. The fourth-order valence-electron chi connectivity index (χ4n) is 4.68. The summed E-state index contributed by atoms with van der Waals surface area (Å²) in [6.45, 7) is 8.30. The van der Waals surface area contributed by atoms with E-state index in [1.807, 2.05) is 30.9 Å². The maximum absolute atomic E-state index is 13.2. The fourth-order valence-corrected chi connectivity index (χ4v) is 4.68. The lowest BCUT2D eigenvalue weighted by Gasteiger charge is -2.38. The minimum atomic E-state index is -0.823. The molecule has 2 aliphatic heterocycles. The molecule has 178 valence electrons. The van der Waals surface area contributed by atoms with Gasteiger partial charge in [0, 0.05) is 56.6 Å². The second kappa shape index (κ2) is 8.28. The van der Waals surface area contributed by atoms with Crippen LogP contribution in [0.15, 0.2) is 36.8 Å². The number of fused-ring (bicyclic) bond motifs is 2. The van der Waals surface area contributed by atoms with Crippen LogP contribution in [0.4, 0.5) is 11.4 Å². The molecule has 0 aliphatic carbocycles. The minimum absolute atomic E-state index is 0.286. The number of anilines is 2. The highest BCUT2D eigenvalue weighted by molar-refractivity contribution is 6.09. The van der Waals surface area contributed by atoms with Gasteiger partial charge < -0.3 is 20.1 Å². The first-order valence-corrected chi connectivity index (χ1v) is 11.4. The zero-order valence-electron chi connectivity index (χ0n) is 19.5. The Morgan fingerprint density at radius 3 is 2.71 bits per heavy atom. The van der Waals surface area contributed by atoms with Gasteiger partial charge in [0.05, 0.1) is 17.6 Å². The van der Waals surface area contributed by atoms with E-state index in [1.165, 1.54) is 6.20 Å². The van der Waals surface area contributed by atoms with Crippen molar-refractivity contribution >= 4 is 28.9 Å². The molecule has 5 rings (SSSR count). The van der Waals surface area contributed by atoms with Crippen LogP contribution in [0.25, 0.3) is 5.65 Å². The van der Waals surface area contributed by atoms with Crippen molar-refractivity contribution in [2.24, 2.45) is 0 Å². The first-order valence-electron chi connectivity index (χ1n) is 11.4. The van der Waals surface area contributed by atoms with Gasteiger partial charge in [-0.15, -0.1) is 0 Å². The Morgan fingerprint density at radius 1 is 1.21 bits per heavy atom. The Labute approximate surface area is 197 Å². The SMILES string of the molecule is C[C@@H](C(=O)O)N1CCN(c2cc3c(cc2NC(=O)c2cnn4cccnc24)CC(C)(C)O3)CC1. The van der Waals surface area contributed by atoms with Crippen LogP contribution in [-0.2, 0) is 11.2 Å². The van der Waals surface area contributed by atoms with Gasteiger partial charge in [-0.05, 0) is 32.9 Å². The van der Waals surface area contributed by atoms with Crippen LogP contribution in [0, 0.1) is 0 Å².